The minimum Gasteiger partial charge on any atom is -0.334 e. The summed E-state index contributed by atoms with van der Waals surface area (Å²) in [5, 5.41) is 3.04. The second-order valence-corrected chi connectivity index (χ2v) is 7.21. The number of urea groups is 1. The highest BCUT2D eigenvalue weighted by atomic mass is 16.2. The maximum atomic E-state index is 12.6. The first-order chi connectivity index (χ1) is 12.6. The monoisotopic (exact) mass is 355 g/mol. The molecule has 1 N–H and O–H groups in total. The van der Waals surface area contributed by atoms with Gasteiger partial charge in [-0.05, 0) is 32.5 Å². The summed E-state index contributed by atoms with van der Waals surface area (Å²) in [4.78, 5) is 21.3. The fraction of sp³-hybridized carbons (Fsp3) is 0.500. The molecule has 3 rings (SSSR count). The van der Waals surface area contributed by atoms with Gasteiger partial charge in [0.15, 0.2) is 0 Å². The lowest BCUT2D eigenvalue weighted by molar-refractivity contribution is 0.177. The number of carbonyl (C=O) groups excluding carboxylic acids is 1. The molecular weight excluding hydrogens is 326 g/mol. The first-order valence-electron chi connectivity index (χ1n) is 9.36. The number of nitrogens with one attached hydrogen (secondary N) is 1. The molecule has 2 aromatic rings. The lowest BCUT2D eigenvalue weighted by Gasteiger charge is -2.32. The van der Waals surface area contributed by atoms with Gasteiger partial charge in [0, 0.05) is 51.0 Å². The number of likely N-dealkylation sites (tertiary alicyclic amines) is 1. The SMILES string of the molecule is CN(C)CCn1ccnc1[C@@H]1CCCN(C(=O)NCc2ccccc2)C1. The fourth-order valence-electron chi connectivity index (χ4n) is 3.44. The number of likely N-dealkylation sites (N-methyl/N-ethyl adjacent to an activating group) is 1. The Morgan fingerprint density at radius 3 is 2.88 bits per heavy atom. The molecule has 2 heterocycles. The van der Waals surface area contributed by atoms with Crippen molar-refractivity contribution >= 4 is 6.03 Å². The van der Waals surface area contributed by atoms with Gasteiger partial charge in [0.05, 0.1) is 0 Å². The molecule has 0 radical (unpaired) electrons. The van der Waals surface area contributed by atoms with Crippen LogP contribution < -0.4 is 5.32 Å². The first kappa shape index (κ1) is 18.5. The van der Waals surface area contributed by atoms with Crippen LogP contribution in [0.2, 0.25) is 0 Å². The van der Waals surface area contributed by atoms with E-state index < -0.39 is 0 Å². The van der Waals surface area contributed by atoms with Gasteiger partial charge in [-0.2, -0.15) is 0 Å². The summed E-state index contributed by atoms with van der Waals surface area (Å²) in [6.45, 7) is 4.03. The molecule has 140 valence electrons. The number of aromatic nitrogens is 2. The second-order valence-electron chi connectivity index (χ2n) is 7.21. The summed E-state index contributed by atoms with van der Waals surface area (Å²) >= 11 is 0. The maximum absolute atomic E-state index is 12.6. The number of nitrogens with zero attached hydrogens (tertiary/aromatic N) is 4. The van der Waals surface area contributed by atoms with E-state index in [9.17, 15) is 4.79 Å². The minimum absolute atomic E-state index is 0.0185. The predicted molar refractivity (Wildman–Crippen MR) is 103 cm³/mol. The molecule has 6 nitrogen and oxygen atoms in total. The van der Waals surface area contributed by atoms with Crippen molar-refractivity contribution in [1.82, 2.24) is 24.7 Å². The van der Waals surface area contributed by atoms with Crippen LogP contribution in [0.4, 0.5) is 4.79 Å². The summed E-state index contributed by atoms with van der Waals surface area (Å²) in [7, 11) is 4.16. The van der Waals surface area contributed by atoms with E-state index in [1.54, 1.807) is 0 Å². The standard InChI is InChI=1S/C20H29N5O/c1-23(2)13-14-24-12-10-21-19(24)18-9-6-11-25(16-18)20(26)22-15-17-7-4-3-5-8-17/h3-5,7-8,10,12,18H,6,9,11,13-16H2,1-2H3,(H,22,26)/t18-/m1/s1. The number of hydrogen-bond acceptors (Lipinski definition) is 3. The van der Waals surface area contributed by atoms with Gasteiger partial charge in [-0.3, -0.25) is 0 Å². The molecule has 6 heteroatoms. The van der Waals surface area contributed by atoms with E-state index >= 15 is 0 Å². The van der Waals surface area contributed by atoms with Gasteiger partial charge in [0.25, 0.3) is 0 Å². The molecule has 2 amide bonds. The number of imidazole rings is 1. The van der Waals surface area contributed by atoms with E-state index in [1.807, 2.05) is 47.6 Å². The normalized spacial score (nSPS) is 17.5. The highest BCUT2D eigenvalue weighted by Crippen LogP contribution is 2.26. The third-order valence-corrected chi connectivity index (χ3v) is 4.90. The maximum Gasteiger partial charge on any atom is 0.317 e. The van der Waals surface area contributed by atoms with Gasteiger partial charge in [-0.1, -0.05) is 30.3 Å². The van der Waals surface area contributed by atoms with Gasteiger partial charge >= 0.3 is 6.03 Å². The van der Waals surface area contributed by atoms with E-state index in [0.29, 0.717) is 12.5 Å². The Hall–Kier alpha value is -2.34. The van der Waals surface area contributed by atoms with Gasteiger partial charge < -0.3 is 19.7 Å². The molecule has 1 aliphatic rings. The minimum atomic E-state index is 0.0185. The smallest absolute Gasteiger partial charge is 0.317 e. The fourth-order valence-corrected chi connectivity index (χ4v) is 3.44. The van der Waals surface area contributed by atoms with Crippen molar-refractivity contribution in [3.8, 4) is 0 Å². The van der Waals surface area contributed by atoms with Crippen LogP contribution in [0.1, 0.15) is 30.1 Å². The molecule has 26 heavy (non-hydrogen) atoms. The van der Waals surface area contributed by atoms with Crippen LogP contribution in [0.15, 0.2) is 42.7 Å². The first-order valence-corrected chi connectivity index (χ1v) is 9.36. The van der Waals surface area contributed by atoms with Gasteiger partial charge in [0.1, 0.15) is 5.82 Å². The molecule has 1 aliphatic heterocycles. The number of carbonyl (C=O) groups is 1. The van der Waals surface area contributed by atoms with Crippen LogP contribution in [0.3, 0.4) is 0 Å². The number of amides is 2. The molecule has 0 saturated carbocycles. The van der Waals surface area contributed by atoms with E-state index in [-0.39, 0.29) is 6.03 Å². The number of benzene rings is 1. The number of rotatable bonds is 6. The Labute approximate surface area is 155 Å². The summed E-state index contributed by atoms with van der Waals surface area (Å²) in [5.74, 6) is 1.41. The zero-order chi connectivity index (χ0) is 18.4. The Balaban J connectivity index is 1.57. The zero-order valence-corrected chi connectivity index (χ0v) is 15.8. The van der Waals surface area contributed by atoms with Crippen molar-refractivity contribution in [1.29, 1.82) is 0 Å². The van der Waals surface area contributed by atoms with Crippen LogP contribution >= 0.6 is 0 Å². The summed E-state index contributed by atoms with van der Waals surface area (Å²) in [6.07, 6.45) is 6.03. The molecule has 0 unspecified atom stereocenters. The average Bonchev–Trinajstić information content (AvgIpc) is 3.14. The lowest BCUT2D eigenvalue weighted by atomic mass is 9.97. The zero-order valence-electron chi connectivity index (χ0n) is 15.8. The molecule has 0 spiro atoms. The Morgan fingerprint density at radius 2 is 2.12 bits per heavy atom. The van der Waals surface area contributed by atoms with Crippen molar-refractivity contribution in [3.63, 3.8) is 0 Å². The summed E-state index contributed by atoms with van der Waals surface area (Å²) < 4.78 is 2.23. The lowest BCUT2D eigenvalue weighted by Crippen LogP contribution is -2.45. The molecule has 0 aliphatic carbocycles. The Morgan fingerprint density at radius 1 is 1.31 bits per heavy atom. The molecule has 1 saturated heterocycles. The molecule has 1 aromatic carbocycles. The van der Waals surface area contributed by atoms with E-state index in [2.05, 4.69) is 33.9 Å². The van der Waals surface area contributed by atoms with Crippen LogP contribution in [0, 0.1) is 0 Å². The van der Waals surface area contributed by atoms with Crippen LogP contribution in [0.25, 0.3) is 0 Å². The third kappa shape index (κ3) is 4.85. The largest absolute Gasteiger partial charge is 0.334 e. The number of piperidine rings is 1. The molecule has 1 fully saturated rings. The van der Waals surface area contributed by atoms with Gasteiger partial charge in [-0.25, -0.2) is 9.78 Å². The van der Waals surface area contributed by atoms with E-state index in [0.717, 1.165) is 50.4 Å². The topological polar surface area (TPSA) is 53.4 Å². The quantitative estimate of drug-likeness (QED) is 0.866. The van der Waals surface area contributed by atoms with Crippen molar-refractivity contribution in [3.05, 3.63) is 54.1 Å². The highest BCUT2D eigenvalue weighted by molar-refractivity contribution is 5.74. The predicted octanol–water partition coefficient (Wildman–Crippen LogP) is 2.53. The summed E-state index contributed by atoms with van der Waals surface area (Å²) in [5.41, 5.74) is 1.12. The van der Waals surface area contributed by atoms with Crippen LogP contribution in [0.5, 0.6) is 0 Å². The molecule has 1 atom stereocenters. The van der Waals surface area contributed by atoms with Gasteiger partial charge in [-0.15, -0.1) is 0 Å². The Bertz CT molecular complexity index is 697. The average molecular weight is 355 g/mol. The van der Waals surface area contributed by atoms with Gasteiger partial charge in [0.2, 0.25) is 0 Å². The van der Waals surface area contributed by atoms with Crippen molar-refractivity contribution in [2.75, 3.05) is 33.7 Å². The third-order valence-electron chi connectivity index (χ3n) is 4.90. The van der Waals surface area contributed by atoms with Crippen LogP contribution in [-0.2, 0) is 13.1 Å². The second kappa shape index (κ2) is 8.85. The van der Waals surface area contributed by atoms with E-state index in [1.165, 1.54) is 0 Å². The van der Waals surface area contributed by atoms with Crippen molar-refractivity contribution in [2.45, 2.75) is 31.8 Å². The summed E-state index contributed by atoms with van der Waals surface area (Å²) in [6, 6.07) is 10.0. The van der Waals surface area contributed by atoms with E-state index in [4.69, 9.17) is 0 Å². The molecular formula is C20H29N5O. The highest BCUT2D eigenvalue weighted by Gasteiger charge is 2.27. The molecule has 1 aromatic heterocycles. The van der Waals surface area contributed by atoms with Crippen LogP contribution in [-0.4, -0.2) is 59.1 Å². The molecule has 0 bridgehead atoms. The van der Waals surface area contributed by atoms with Crippen molar-refractivity contribution in [2.24, 2.45) is 0 Å². The van der Waals surface area contributed by atoms with Crippen molar-refractivity contribution < 1.29 is 4.79 Å². The number of hydrogen-bond donors (Lipinski definition) is 1. The Kier molecular flexibility index (Phi) is 6.28.